The molecule has 1 saturated heterocycles. The SMILES string of the molecule is CC1CCc2c(ccc(C(C=NC3CCNCC3)=CN)c2Oc2ccc(F)cc2F)N1C. The highest BCUT2D eigenvalue weighted by Crippen LogP contribution is 2.42. The molecule has 2 aromatic carbocycles. The Labute approximate surface area is 188 Å². The summed E-state index contributed by atoms with van der Waals surface area (Å²) >= 11 is 0. The zero-order chi connectivity index (χ0) is 22.7. The molecule has 2 aliphatic rings. The van der Waals surface area contributed by atoms with Crippen LogP contribution in [0.4, 0.5) is 14.5 Å². The minimum atomic E-state index is -0.743. The van der Waals surface area contributed by atoms with Crippen LogP contribution in [0.2, 0.25) is 0 Å². The summed E-state index contributed by atoms with van der Waals surface area (Å²) in [5.41, 5.74) is 9.49. The zero-order valence-electron chi connectivity index (χ0n) is 18.6. The first kappa shape index (κ1) is 22.3. The molecule has 5 nitrogen and oxygen atoms in total. The summed E-state index contributed by atoms with van der Waals surface area (Å²) in [6, 6.07) is 7.96. The van der Waals surface area contributed by atoms with E-state index in [2.05, 4.69) is 23.2 Å². The van der Waals surface area contributed by atoms with Gasteiger partial charge in [0.25, 0.3) is 0 Å². The van der Waals surface area contributed by atoms with Crippen LogP contribution in [0.25, 0.3) is 5.57 Å². The summed E-state index contributed by atoms with van der Waals surface area (Å²) in [6.45, 7) is 4.07. The minimum absolute atomic E-state index is 0.0195. The molecular weight excluding hydrogens is 410 g/mol. The van der Waals surface area contributed by atoms with E-state index in [1.807, 2.05) is 13.1 Å². The van der Waals surface area contributed by atoms with Crippen molar-refractivity contribution < 1.29 is 13.5 Å². The van der Waals surface area contributed by atoms with Crippen molar-refractivity contribution in [2.45, 2.75) is 44.7 Å². The van der Waals surface area contributed by atoms with Gasteiger partial charge in [-0.2, -0.15) is 0 Å². The Bertz CT molecular complexity index is 1030. The molecule has 0 bridgehead atoms. The van der Waals surface area contributed by atoms with Gasteiger partial charge in [-0.05, 0) is 70.0 Å². The number of nitrogens with zero attached hydrogens (tertiary/aromatic N) is 2. The Balaban J connectivity index is 1.76. The molecule has 0 saturated carbocycles. The molecule has 3 N–H and O–H groups in total. The lowest BCUT2D eigenvalue weighted by molar-refractivity contribution is 0.429. The molecule has 32 heavy (non-hydrogen) atoms. The Hall–Kier alpha value is -2.93. The standard InChI is InChI=1S/C25H30F2N4O/c1-16-3-5-21-23(31(16)2)7-6-20(17(14-28)15-30-19-9-11-29-12-10-19)25(21)32-24-8-4-18(26)13-22(24)27/h4,6-8,13-16,19,29H,3,5,9-12,28H2,1-2H3. The normalized spacial score (nSPS) is 19.9. The highest BCUT2D eigenvalue weighted by molar-refractivity contribution is 6.11. The van der Waals surface area contributed by atoms with Crippen molar-refractivity contribution >= 4 is 17.5 Å². The van der Waals surface area contributed by atoms with Crippen LogP contribution in [0, 0.1) is 11.6 Å². The number of halogens is 2. The number of allylic oxidation sites excluding steroid dienone is 1. The number of nitrogens with one attached hydrogen (secondary N) is 1. The monoisotopic (exact) mass is 440 g/mol. The summed E-state index contributed by atoms with van der Waals surface area (Å²) < 4.78 is 34.0. The van der Waals surface area contributed by atoms with Crippen LogP contribution in [0.5, 0.6) is 11.5 Å². The highest BCUT2D eigenvalue weighted by atomic mass is 19.1. The maximum absolute atomic E-state index is 14.5. The van der Waals surface area contributed by atoms with Crippen LogP contribution in [-0.4, -0.2) is 38.4 Å². The first-order chi connectivity index (χ1) is 15.5. The number of hydrogen-bond donors (Lipinski definition) is 2. The van der Waals surface area contributed by atoms with Gasteiger partial charge >= 0.3 is 0 Å². The van der Waals surface area contributed by atoms with Gasteiger partial charge in [-0.3, -0.25) is 4.99 Å². The molecular formula is C25H30F2N4O. The molecule has 2 heterocycles. The van der Waals surface area contributed by atoms with Crippen molar-refractivity contribution in [1.82, 2.24) is 5.32 Å². The first-order valence-electron chi connectivity index (χ1n) is 11.2. The second-order valence-corrected chi connectivity index (χ2v) is 8.50. The van der Waals surface area contributed by atoms with Crippen molar-refractivity contribution in [2.24, 2.45) is 10.7 Å². The van der Waals surface area contributed by atoms with Crippen LogP contribution < -0.4 is 20.7 Å². The van der Waals surface area contributed by atoms with E-state index in [0.29, 0.717) is 17.4 Å². The number of anilines is 1. The molecule has 1 fully saturated rings. The smallest absolute Gasteiger partial charge is 0.168 e. The Kier molecular flexibility index (Phi) is 6.74. The van der Waals surface area contributed by atoms with E-state index in [-0.39, 0.29) is 11.8 Å². The number of piperidine rings is 1. The number of rotatable bonds is 5. The number of hydrogen-bond acceptors (Lipinski definition) is 5. The summed E-state index contributed by atoms with van der Waals surface area (Å²) in [7, 11) is 2.04. The van der Waals surface area contributed by atoms with E-state index < -0.39 is 11.6 Å². The number of fused-ring (bicyclic) bond motifs is 1. The molecule has 7 heteroatoms. The highest BCUT2D eigenvalue weighted by Gasteiger charge is 2.26. The Morgan fingerprint density at radius 3 is 2.69 bits per heavy atom. The van der Waals surface area contributed by atoms with Crippen molar-refractivity contribution in [3.05, 3.63) is 59.3 Å². The molecule has 1 unspecified atom stereocenters. The lowest BCUT2D eigenvalue weighted by Gasteiger charge is -2.35. The van der Waals surface area contributed by atoms with Gasteiger partial charge in [-0.1, -0.05) is 0 Å². The van der Waals surface area contributed by atoms with Gasteiger partial charge in [0.1, 0.15) is 11.6 Å². The fourth-order valence-electron chi connectivity index (χ4n) is 4.33. The topological polar surface area (TPSA) is 62.9 Å². The maximum atomic E-state index is 14.5. The third-order valence-corrected chi connectivity index (χ3v) is 6.42. The average molecular weight is 441 g/mol. The third-order valence-electron chi connectivity index (χ3n) is 6.42. The zero-order valence-corrected chi connectivity index (χ0v) is 18.6. The van der Waals surface area contributed by atoms with Gasteiger partial charge in [-0.25, -0.2) is 8.78 Å². The van der Waals surface area contributed by atoms with E-state index in [4.69, 9.17) is 15.5 Å². The molecule has 2 aromatic rings. The van der Waals surface area contributed by atoms with Gasteiger partial charge < -0.3 is 20.7 Å². The van der Waals surface area contributed by atoms with Crippen molar-refractivity contribution in [3.63, 3.8) is 0 Å². The van der Waals surface area contributed by atoms with E-state index in [9.17, 15) is 8.78 Å². The molecule has 0 aliphatic carbocycles. The predicted octanol–water partition coefficient (Wildman–Crippen LogP) is 4.65. The molecule has 0 aromatic heterocycles. The largest absolute Gasteiger partial charge is 0.453 e. The van der Waals surface area contributed by atoms with Crippen LogP contribution in [0.1, 0.15) is 37.3 Å². The fraction of sp³-hybridized carbons (Fsp3) is 0.400. The Morgan fingerprint density at radius 2 is 1.97 bits per heavy atom. The van der Waals surface area contributed by atoms with E-state index >= 15 is 0 Å². The molecule has 170 valence electrons. The number of ether oxygens (including phenoxy) is 1. The summed E-state index contributed by atoms with van der Waals surface area (Å²) in [6.07, 6.45) is 6.99. The number of nitrogens with two attached hydrogens (primary N) is 1. The van der Waals surface area contributed by atoms with Crippen LogP contribution in [0.15, 0.2) is 41.5 Å². The second-order valence-electron chi connectivity index (χ2n) is 8.50. The van der Waals surface area contributed by atoms with Crippen LogP contribution in [0.3, 0.4) is 0 Å². The van der Waals surface area contributed by atoms with Gasteiger partial charge in [0.15, 0.2) is 11.6 Å². The first-order valence-corrected chi connectivity index (χ1v) is 11.2. The van der Waals surface area contributed by atoms with Gasteiger partial charge in [0, 0.05) is 54.0 Å². The summed E-state index contributed by atoms with van der Waals surface area (Å²) in [5, 5.41) is 3.34. The molecule has 0 spiro atoms. The van der Waals surface area contributed by atoms with Crippen LogP contribution in [-0.2, 0) is 6.42 Å². The molecule has 2 aliphatic heterocycles. The maximum Gasteiger partial charge on any atom is 0.168 e. The lowest BCUT2D eigenvalue weighted by atomic mass is 9.92. The van der Waals surface area contributed by atoms with Gasteiger partial charge in [0.05, 0.1) is 6.04 Å². The van der Waals surface area contributed by atoms with E-state index in [1.165, 1.54) is 18.3 Å². The van der Waals surface area contributed by atoms with E-state index in [1.54, 1.807) is 6.21 Å². The fourth-order valence-corrected chi connectivity index (χ4v) is 4.33. The number of aliphatic imine (C=N–C) groups is 1. The molecule has 4 rings (SSSR count). The quantitative estimate of drug-likeness (QED) is 0.665. The third kappa shape index (κ3) is 4.63. The summed E-state index contributed by atoms with van der Waals surface area (Å²) in [4.78, 5) is 6.94. The minimum Gasteiger partial charge on any atom is -0.453 e. The Morgan fingerprint density at radius 1 is 1.19 bits per heavy atom. The van der Waals surface area contributed by atoms with Gasteiger partial charge in [-0.15, -0.1) is 0 Å². The van der Waals surface area contributed by atoms with Crippen molar-refractivity contribution in [1.29, 1.82) is 0 Å². The molecule has 0 radical (unpaired) electrons. The lowest BCUT2D eigenvalue weighted by Crippen LogP contribution is -2.33. The molecule has 0 amide bonds. The van der Waals surface area contributed by atoms with Crippen LogP contribution >= 0.6 is 0 Å². The number of benzene rings is 2. The average Bonchev–Trinajstić information content (AvgIpc) is 2.80. The van der Waals surface area contributed by atoms with Crippen molar-refractivity contribution in [3.8, 4) is 11.5 Å². The van der Waals surface area contributed by atoms with Gasteiger partial charge in [0.2, 0.25) is 0 Å². The molecule has 1 atom stereocenters. The van der Waals surface area contributed by atoms with E-state index in [0.717, 1.165) is 61.7 Å². The predicted molar refractivity (Wildman–Crippen MR) is 126 cm³/mol. The second kappa shape index (κ2) is 9.69. The van der Waals surface area contributed by atoms with Crippen molar-refractivity contribution in [2.75, 3.05) is 25.0 Å². The summed E-state index contributed by atoms with van der Waals surface area (Å²) in [5.74, 6) is -0.864.